The van der Waals surface area contributed by atoms with Crippen molar-refractivity contribution in [1.82, 2.24) is 9.55 Å². The van der Waals surface area contributed by atoms with Crippen molar-refractivity contribution in [3.63, 3.8) is 0 Å². The molecule has 6 nitrogen and oxygen atoms in total. The first-order chi connectivity index (χ1) is 12.6. The number of phenols is 2. The van der Waals surface area contributed by atoms with Crippen molar-refractivity contribution < 1.29 is 15.0 Å². The topological polar surface area (TPSA) is 78.6 Å². The first-order valence-electron chi connectivity index (χ1n) is 8.53. The lowest BCUT2D eigenvalue weighted by Crippen LogP contribution is -2.31. The van der Waals surface area contributed by atoms with E-state index in [0.29, 0.717) is 19.4 Å². The smallest absolute Gasteiger partial charge is 0.236 e. The lowest BCUT2D eigenvalue weighted by atomic mass is 10.00. The van der Waals surface area contributed by atoms with Gasteiger partial charge in [-0.2, -0.15) is 0 Å². The Hall–Kier alpha value is -3.28. The van der Waals surface area contributed by atoms with Gasteiger partial charge in [-0.05, 0) is 36.6 Å². The summed E-state index contributed by atoms with van der Waals surface area (Å²) in [7, 11) is 0. The van der Waals surface area contributed by atoms with Gasteiger partial charge in [-0.1, -0.05) is 18.2 Å². The maximum Gasteiger partial charge on any atom is 0.236 e. The van der Waals surface area contributed by atoms with E-state index >= 15 is 0 Å². The Bertz CT molecular complexity index is 923. The SMILES string of the molecule is O=C(C1CCc2cc(O)c(O)cc2N(c2ccccc2)C1)n1ccnc1. The molecule has 1 aliphatic rings. The van der Waals surface area contributed by atoms with Crippen molar-refractivity contribution in [3.05, 3.63) is 66.7 Å². The molecule has 0 bridgehead atoms. The van der Waals surface area contributed by atoms with Crippen LogP contribution in [0, 0.1) is 5.92 Å². The number of anilines is 2. The summed E-state index contributed by atoms with van der Waals surface area (Å²) in [6.07, 6.45) is 6.05. The Morgan fingerprint density at radius 1 is 1.12 bits per heavy atom. The van der Waals surface area contributed by atoms with E-state index in [2.05, 4.69) is 4.98 Å². The molecule has 0 fully saturated rings. The number of aromatic nitrogens is 2. The van der Waals surface area contributed by atoms with Crippen LogP contribution in [0.25, 0.3) is 0 Å². The van der Waals surface area contributed by atoms with E-state index in [4.69, 9.17) is 0 Å². The van der Waals surface area contributed by atoms with Crippen molar-refractivity contribution in [3.8, 4) is 11.5 Å². The molecule has 132 valence electrons. The van der Waals surface area contributed by atoms with Crippen molar-refractivity contribution in [1.29, 1.82) is 0 Å². The van der Waals surface area contributed by atoms with Crippen molar-refractivity contribution >= 4 is 17.3 Å². The van der Waals surface area contributed by atoms with Crippen LogP contribution in [0.2, 0.25) is 0 Å². The molecule has 2 aromatic carbocycles. The summed E-state index contributed by atoms with van der Waals surface area (Å²) in [6.45, 7) is 0.484. The van der Waals surface area contributed by atoms with Gasteiger partial charge in [-0.3, -0.25) is 9.36 Å². The summed E-state index contributed by atoms with van der Waals surface area (Å²) in [5.41, 5.74) is 2.65. The summed E-state index contributed by atoms with van der Waals surface area (Å²) in [6, 6.07) is 12.9. The fraction of sp³-hybridized carbons (Fsp3) is 0.200. The van der Waals surface area contributed by atoms with Gasteiger partial charge in [-0.15, -0.1) is 0 Å². The Labute approximate surface area is 151 Å². The van der Waals surface area contributed by atoms with Gasteiger partial charge in [0.05, 0.1) is 5.92 Å². The molecule has 0 aliphatic carbocycles. The highest BCUT2D eigenvalue weighted by Gasteiger charge is 2.29. The molecule has 0 saturated heterocycles. The lowest BCUT2D eigenvalue weighted by Gasteiger charge is -2.27. The minimum atomic E-state index is -0.235. The Morgan fingerprint density at radius 3 is 2.62 bits per heavy atom. The number of aromatic hydroxyl groups is 2. The number of carbonyl (C=O) groups is 1. The van der Waals surface area contributed by atoms with E-state index in [9.17, 15) is 15.0 Å². The van der Waals surface area contributed by atoms with Gasteiger partial charge in [-0.25, -0.2) is 4.98 Å². The Balaban J connectivity index is 1.77. The molecule has 6 heteroatoms. The monoisotopic (exact) mass is 349 g/mol. The number of benzene rings is 2. The molecule has 2 N–H and O–H groups in total. The molecule has 0 amide bonds. The van der Waals surface area contributed by atoms with E-state index in [0.717, 1.165) is 16.9 Å². The minimum absolute atomic E-state index is 0.00955. The fourth-order valence-electron chi connectivity index (χ4n) is 3.45. The summed E-state index contributed by atoms with van der Waals surface area (Å²) < 4.78 is 1.51. The van der Waals surface area contributed by atoms with Crippen LogP contribution in [0.3, 0.4) is 0 Å². The fourth-order valence-corrected chi connectivity index (χ4v) is 3.45. The van der Waals surface area contributed by atoms with Crippen LogP contribution in [0.4, 0.5) is 11.4 Å². The highest BCUT2D eigenvalue weighted by molar-refractivity contribution is 5.83. The van der Waals surface area contributed by atoms with Crippen LogP contribution in [0.5, 0.6) is 11.5 Å². The van der Waals surface area contributed by atoms with E-state index in [-0.39, 0.29) is 23.3 Å². The Kier molecular flexibility index (Phi) is 4.08. The van der Waals surface area contributed by atoms with Gasteiger partial charge < -0.3 is 15.1 Å². The molecule has 3 aromatic rings. The summed E-state index contributed by atoms with van der Waals surface area (Å²) >= 11 is 0. The number of phenolic OH excluding ortho intramolecular Hbond substituents is 2. The molecule has 4 rings (SSSR count). The number of hydrogen-bond donors (Lipinski definition) is 2. The highest BCUT2D eigenvalue weighted by atomic mass is 16.3. The number of fused-ring (bicyclic) bond motifs is 1. The van der Waals surface area contributed by atoms with E-state index < -0.39 is 0 Å². The third kappa shape index (κ3) is 2.90. The number of hydrogen-bond acceptors (Lipinski definition) is 5. The zero-order valence-electron chi connectivity index (χ0n) is 14.1. The molecule has 1 aliphatic heterocycles. The first-order valence-corrected chi connectivity index (χ1v) is 8.53. The van der Waals surface area contributed by atoms with Gasteiger partial charge in [0, 0.05) is 36.4 Å². The number of para-hydroxylation sites is 1. The normalized spacial score (nSPS) is 16.8. The van der Waals surface area contributed by atoms with Crippen molar-refractivity contribution in [2.45, 2.75) is 12.8 Å². The number of nitrogens with zero attached hydrogens (tertiary/aromatic N) is 3. The van der Waals surface area contributed by atoms with Crippen LogP contribution >= 0.6 is 0 Å². The number of carbonyl (C=O) groups excluding carboxylic acids is 1. The molecule has 0 spiro atoms. The molecular formula is C20H19N3O3. The average Bonchev–Trinajstić information content (AvgIpc) is 3.13. The van der Waals surface area contributed by atoms with E-state index in [1.165, 1.54) is 10.9 Å². The number of rotatable bonds is 2. The quantitative estimate of drug-likeness (QED) is 0.694. The average molecular weight is 349 g/mol. The molecule has 2 heterocycles. The third-order valence-corrected chi connectivity index (χ3v) is 4.81. The van der Waals surface area contributed by atoms with Crippen LogP contribution in [-0.2, 0) is 6.42 Å². The predicted molar refractivity (Wildman–Crippen MR) is 97.9 cm³/mol. The maximum atomic E-state index is 12.9. The molecule has 1 unspecified atom stereocenters. The van der Waals surface area contributed by atoms with Gasteiger partial charge in [0.15, 0.2) is 11.5 Å². The summed E-state index contributed by atoms with van der Waals surface area (Å²) in [5.74, 6) is -0.550. The van der Waals surface area contributed by atoms with E-state index in [1.807, 2.05) is 35.2 Å². The Morgan fingerprint density at radius 2 is 1.88 bits per heavy atom. The number of aryl methyl sites for hydroxylation is 1. The molecular weight excluding hydrogens is 330 g/mol. The van der Waals surface area contributed by atoms with E-state index in [1.54, 1.807) is 24.5 Å². The second-order valence-electron chi connectivity index (χ2n) is 6.46. The maximum absolute atomic E-state index is 12.9. The standard InChI is InChI=1S/C20H19N3O3/c24-18-10-14-6-7-15(20(26)22-9-8-21-13-22)12-23(17(14)11-19(18)25)16-4-2-1-3-5-16/h1-5,8-11,13,15,24-25H,6-7,12H2. The second kappa shape index (κ2) is 6.55. The lowest BCUT2D eigenvalue weighted by molar-refractivity contribution is 0.0833. The molecule has 1 aromatic heterocycles. The van der Waals surface area contributed by atoms with Gasteiger partial charge >= 0.3 is 0 Å². The zero-order chi connectivity index (χ0) is 18.1. The first kappa shape index (κ1) is 16.2. The largest absolute Gasteiger partial charge is 0.504 e. The molecule has 0 radical (unpaired) electrons. The van der Waals surface area contributed by atoms with Crippen LogP contribution < -0.4 is 4.90 Å². The second-order valence-corrected chi connectivity index (χ2v) is 6.46. The number of imidazole rings is 1. The van der Waals surface area contributed by atoms with Crippen molar-refractivity contribution in [2.75, 3.05) is 11.4 Å². The minimum Gasteiger partial charge on any atom is -0.504 e. The molecule has 0 saturated carbocycles. The van der Waals surface area contributed by atoms with Gasteiger partial charge in [0.1, 0.15) is 6.33 Å². The molecule has 1 atom stereocenters. The zero-order valence-corrected chi connectivity index (χ0v) is 14.1. The van der Waals surface area contributed by atoms with Gasteiger partial charge in [0.2, 0.25) is 5.91 Å². The summed E-state index contributed by atoms with van der Waals surface area (Å²) in [4.78, 5) is 18.9. The summed E-state index contributed by atoms with van der Waals surface area (Å²) in [5, 5.41) is 19.9. The van der Waals surface area contributed by atoms with Gasteiger partial charge in [0.25, 0.3) is 0 Å². The highest BCUT2D eigenvalue weighted by Crippen LogP contribution is 2.40. The van der Waals surface area contributed by atoms with Crippen LogP contribution in [-0.4, -0.2) is 32.2 Å². The predicted octanol–water partition coefficient (Wildman–Crippen LogP) is 3.34. The third-order valence-electron chi connectivity index (χ3n) is 4.81. The molecule has 26 heavy (non-hydrogen) atoms. The van der Waals surface area contributed by atoms with Crippen LogP contribution in [0.1, 0.15) is 16.8 Å². The van der Waals surface area contributed by atoms with Crippen LogP contribution in [0.15, 0.2) is 61.2 Å². The van der Waals surface area contributed by atoms with Crippen molar-refractivity contribution in [2.24, 2.45) is 5.92 Å².